The summed E-state index contributed by atoms with van der Waals surface area (Å²) in [4.78, 5) is 32.1. The van der Waals surface area contributed by atoms with Gasteiger partial charge in [0.25, 0.3) is 11.6 Å². The van der Waals surface area contributed by atoms with E-state index in [0.29, 0.717) is 18.8 Å². The number of amides is 1. The van der Waals surface area contributed by atoms with Crippen molar-refractivity contribution in [3.05, 3.63) is 61.5 Å². The topological polar surface area (TPSA) is 127 Å². The number of rotatable bonds is 7. The van der Waals surface area contributed by atoms with Crippen molar-refractivity contribution in [2.45, 2.75) is 0 Å². The Morgan fingerprint density at radius 2 is 1.70 bits per heavy atom. The van der Waals surface area contributed by atoms with Crippen LogP contribution in [0.1, 0.15) is 9.67 Å². The fourth-order valence-corrected chi connectivity index (χ4v) is 2.46. The van der Waals surface area contributed by atoms with Crippen molar-refractivity contribution in [2.24, 2.45) is 0 Å². The second-order valence-electron chi connectivity index (χ2n) is 4.38. The van der Waals surface area contributed by atoms with E-state index in [1.807, 2.05) is 0 Å². The summed E-state index contributed by atoms with van der Waals surface area (Å²) >= 11 is 0.812. The van der Waals surface area contributed by atoms with E-state index in [4.69, 9.17) is 0 Å². The highest BCUT2D eigenvalue weighted by atomic mass is 32.1. The minimum atomic E-state index is -0.544. The average molecular weight is 336 g/mol. The number of thiophene rings is 1. The maximum atomic E-state index is 11.8. The highest BCUT2D eigenvalue weighted by molar-refractivity contribution is 7.17. The number of hydrogen-bond donors (Lipinski definition) is 2. The lowest BCUT2D eigenvalue weighted by Crippen LogP contribution is -2.28. The molecule has 1 amide bonds. The first-order valence-electron chi connectivity index (χ1n) is 6.48. The molecule has 0 spiro atoms. The van der Waals surface area contributed by atoms with Crippen LogP contribution in [0.4, 0.5) is 16.4 Å². The molecule has 0 fully saturated rings. The minimum absolute atomic E-state index is 0.00291. The molecule has 2 N–H and O–H groups in total. The monoisotopic (exact) mass is 336 g/mol. The molecule has 2 rings (SSSR count). The number of non-ortho nitro benzene ring substituents is 1. The molecule has 0 atom stereocenters. The molecule has 1 aromatic heterocycles. The van der Waals surface area contributed by atoms with Crippen LogP contribution >= 0.6 is 11.3 Å². The average Bonchev–Trinajstić information content (AvgIpc) is 3.02. The number of nitro benzene ring substituents is 1. The summed E-state index contributed by atoms with van der Waals surface area (Å²) in [5, 5.41) is 26.6. The van der Waals surface area contributed by atoms with Crippen LogP contribution in [0.2, 0.25) is 0 Å². The van der Waals surface area contributed by atoms with Gasteiger partial charge in [-0.15, -0.1) is 0 Å². The SMILES string of the molecule is O=C(NCCNc1ccc([N+](=O)[O-])cc1)c1ccc([N+](=O)[O-])s1. The van der Waals surface area contributed by atoms with Gasteiger partial charge >= 0.3 is 5.00 Å². The zero-order chi connectivity index (χ0) is 16.8. The first-order chi connectivity index (χ1) is 11.0. The summed E-state index contributed by atoms with van der Waals surface area (Å²) in [6.45, 7) is 0.721. The fourth-order valence-electron chi connectivity index (χ4n) is 1.72. The number of hydrogen-bond acceptors (Lipinski definition) is 7. The summed E-state index contributed by atoms with van der Waals surface area (Å²) in [7, 11) is 0. The van der Waals surface area contributed by atoms with E-state index >= 15 is 0 Å². The van der Waals surface area contributed by atoms with Crippen molar-refractivity contribution in [1.29, 1.82) is 0 Å². The van der Waals surface area contributed by atoms with Crippen LogP contribution < -0.4 is 10.6 Å². The van der Waals surface area contributed by atoms with Gasteiger partial charge in [-0.3, -0.25) is 25.0 Å². The lowest BCUT2D eigenvalue weighted by Gasteiger charge is -2.07. The molecule has 0 saturated heterocycles. The second kappa shape index (κ2) is 7.31. The fraction of sp³-hybridized carbons (Fsp3) is 0.154. The number of nitrogens with zero attached hydrogens (tertiary/aromatic N) is 2. The Morgan fingerprint density at radius 3 is 2.26 bits per heavy atom. The van der Waals surface area contributed by atoms with Gasteiger partial charge in [0.15, 0.2) is 0 Å². The summed E-state index contributed by atoms with van der Waals surface area (Å²) in [5.74, 6) is -0.381. The standard InChI is InChI=1S/C13H12N4O5S/c18-13(11-5-6-12(23-11)17(21)22)15-8-7-14-9-1-3-10(4-2-9)16(19)20/h1-6,14H,7-8H2,(H,15,18). The smallest absolute Gasteiger partial charge is 0.324 e. The predicted octanol–water partition coefficient (Wildman–Crippen LogP) is 2.41. The lowest BCUT2D eigenvalue weighted by atomic mass is 10.3. The third-order valence-electron chi connectivity index (χ3n) is 2.81. The Morgan fingerprint density at radius 1 is 1.00 bits per heavy atom. The number of nitro groups is 2. The molecule has 2 aromatic rings. The second-order valence-corrected chi connectivity index (χ2v) is 5.44. The molecule has 120 valence electrons. The summed E-state index contributed by atoms with van der Waals surface area (Å²) in [6.07, 6.45) is 0. The van der Waals surface area contributed by atoms with Crippen molar-refractivity contribution in [3.63, 3.8) is 0 Å². The number of carbonyl (C=O) groups is 1. The van der Waals surface area contributed by atoms with Crippen molar-refractivity contribution < 1.29 is 14.6 Å². The largest absolute Gasteiger partial charge is 0.383 e. The molecule has 23 heavy (non-hydrogen) atoms. The highest BCUT2D eigenvalue weighted by Crippen LogP contribution is 2.23. The van der Waals surface area contributed by atoms with E-state index in [1.54, 1.807) is 12.1 Å². The van der Waals surface area contributed by atoms with E-state index in [1.165, 1.54) is 24.3 Å². The van der Waals surface area contributed by atoms with Crippen molar-refractivity contribution in [2.75, 3.05) is 18.4 Å². The van der Waals surface area contributed by atoms with Crippen LogP contribution in [-0.2, 0) is 0 Å². The molecular formula is C13H12N4O5S. The van der Waals surface area contributed by atoms with Gasteiger partial charge in [-0.2, -0.15) is 0 Å². The van der Waals surface area contributed by atoms with Crippen LogP contribution in [0.3, 0.4) is 0 Å². The molecule has 9 nitrogen and oxygen atoms in total. The van der Waals surface area contributed by atoms with Gasteiger partial charge in [-0.25, -0.2) is 0 Å². The van der Waals surface area contributed by atoms with Crippen molar-refractivity contribution in [3.8, 4) is 0 Å². The molecule has 0 aliphatic carbocycles. The van der Waals surface area contributed by atoms with Crippen LogP contribution in [0.25, 0.3) is 0 Å². The van der Waals surface area contributed by atoms with E-state index in [0.717, 1.165) is 11.3 Å². The zero-order valence-electron chi connectivity index (χ0n) is 11.7. The molecule has 1 aromatic carbocycles. The molecule has 0 aliphatic heterocycles. The van der Waals surface area contributed by atoms with Gasteiger partial charge in [-0.05, 0) is 18.2 Å². The number of carbonyl (C=O) groups excluding carboxylic acids is 1. The summed E-state index contributed by atoms with van der Waals surface area (Å²) in [5.41, 5.74) is 0.694. The molecule has 0 saturated carbocycles. The minimum Gasteiger partial charge on any atom is -0.383 e. The third kappa shape index (κ3) is 4.48. The highest BCUT2D eigenvalue weighted by Gasteiger charge is 2.14. The molecule has 1 heterocycles. The molecule has 0 aliphatic rings. The quantitative estimate of drug-likeness (QED) is 0.454. The molecule has 10 heteroatoms. The summed E-state index contributed by atoms with van der Waals surface area (Å²) in [6, 6.07) is 8.60. The Hall–Kier alpha value is -3.01. The lowest BCUT2D eigenvalue weighted by molar-refractivity contribution is -0.384. The van der Waals surface area contributed by atoms with Gasteiger partial charge < -0.3 is 10.6 Å². The number of benzene rings is 1. The van der Waals surface area contributed by atoms with Crippen LogP contribution in [0.15, 0.2) is 36.4 Å². The van der Waals surface area contributed by atoms with Crippen LogP contribution in [0.5, 0.6) is 0 Å². The number of anilines is 1. The van der Waals surface area contributed by atoms with E-state index in [2.05, 4.69) is 10.6 Å². The number of nitrogens with one attached hydrogen (secondary N) is 2. The van der Waals surface area contributed by atoms with Crippen LogP contribution in [0, 0.1) is 20.2 Å². The van der Waals surface area contributed by atoms with Gasteiger partial charge in [0.1, 0.15) is 0 Å². The molecule has 0 unspecified atom stereocenters. The zero-order valence-corrected chi connectivity index (χ0v) is 12.5. The third-order valence-corrected chi connectivity index (χ3v) is 3.85. The van der Waals surface area contributed by atoms with Crippen LogP contribution in [-0.4, -0.2) is 28.8 Å². The maximum Gasteiger partial charge on any atom is 0.324 e. The van der Waals surface area contributed by atoms with Gasteiger partial charge in [-0.1, -0.05) is 11.3 Å². The van der Waals surface area contributed by atoms with Crippen molar-refractivity contribution >= 4 is 33.6 Å². The first kappa shape index (κ1) is 16.4. The van der Waals surface area contributed by atoms with Crippen molar-refractivity contribution in [1.82, 2.24) is 5.32 Å². The van der Waals surface area contributed by atoms with E-state index in [9.17, 15) is 25.0 Å². The van der Waals surface area contributed by atoms with E-state index < -0.39 is 9.85 Å². The van der Waals surface area contributed by atoms with Gasteiger partial charge in [0, 0.05) is 37.0 Å². The van der Waals surface area contributed by atoms with E-state index in [-0.39, 0.29) is 21.5 Å². The summed E-state index contributed by atoms with van der Waals surface area (Å²) < 4.78 is 0. The molecule has 0 bridgehead atoms. The maximum absolute atomic E-state index is 11.8. The molecular weight excluding hydrogens is 324 g/mol. The molecule has 0 radical (unpaired) electrons. The predicted molar refractivity (Wildman–Crippen MR) is 84.9 cm³/mol. The first-order valence-corrected chi connectivity index (χ1v) is 7.30. The Balaban J connectivity index is 1.77. The Labute approximate surface area is 134 Å². The van der Waals surface area contributed by atoms with Gasteiger partial charge in [0.05, 0.1) is 14.7 Å². The Kier molecular flexibility index (Phi) is 5.20. The Bertz CT molecular complexity index is 728. The normalized spacial score (nSPS) is 10.1. The van der Waals surface area contributed by atoms with Gasteiger partial charge in [0.2, 0.25) is 0 Å².